The third kappa shape index (κ3) is 2.46. The molecule has 0 bridgehead atoms. The number of nitrogens with zero attached hydrogens (tertiary/aromatic N) is 3. The van der Waals surface area contributed by atoms with Crippen LogP contribution in [0.1, 0.15) is 33.1 Å². The second kappa shape index (κ2) is 4.58. The number of halogens is 1. The molecule has 0 radical (unpaired) electrons. The molecule has 0 N–H and O–H groups in total. The van der Waals surface area contributed by atoms with Gasteiger partial charge in [0.15, 0.2) is 0 Å². The molecule has 0 atom stereocenters. The van der Waals surface area contributed by atoms with Gasteiger partial charge in [-0.3, -0.25) is 0 Å². The van der Waals surface area contributed by atoms with Crippen LogP contribution in [0.4, 0.5) is 5.82 Å². The van der Waals surface area contributed by atoms with Crippen LogP contribution in [0.2, 0.25) is 5.15 Å². The molecule has 0 saturated carbocycles. The molecule has 2 rings (SSSR count). The van der Waals surface area contributed by atoms with Gasteiger partial charge < -0.3 is 4.90 Å². The molecule has 0 aromatic carbocycles. The summed E-state index contributed by atoms with van der Waals surface area (Å²) in [5, 5.41) is 0.522. The van der Waals surface area contributed by atoms with Gasteiger partial charge in [-0.25, -0.2) is 9.97 Å². The second-order valence-corrected chi connectivity index (χ2v) is 5.24. The van der Waals surface area contributed by atoms with Gasteiger partial charge in [-0.1, -0.05) is 31.9 Å². The Morgan fingerprint density at radius 2 is 2.06 bits per heavy atom. The minimum Gasteiger partial charge on any atom is -0.356 e. The van der Waals surface area contributed by atoms with Gasteiger partial charge >= 0.3 is 0 Å². The van der Waals surface area contributed by atoms with E-state index in [0.29, 0.717) is 10.6 Å². The van der Waals surface area contributed by atoms with Gasteiger partial charge in [0, 0.05) is 19.2 Å². The lowest BCUT2D eigenvalue weighted by Crippen LogP contribution is -2.38. The lowest BCUT2D eigenvalue weighted by atomic mass is 9.78. The molecule has 1 aromatic rings. The van der Waals surface area contributed by atoms with Crippen LogP contribution in [-0.2, 0) is 0 Å². The standard InChI is InChI=1S/C12H18ClN3/c1-3-12(2)4-6-16(7-5-12)11-8-10(13)14-9-15-11/h8-9H,3-7H2,1-2H3. The molecule has 1 fully saturated rings. The lowest BCUT2D eigenvalue weighted by Gasteiger charge is -2.39. The van der Waals surface area contributed by atoms with E-state index in [9.17, 15) is 0 Å². The highest BCUT2D eigenvalue weighted by atomic mass is 35.5. The number of hydrogen-bond donors (Lipinski definition) is 0. The molecule has 1 saturated heterocycles. The summed E-state index contributed by atoms with van der Waals surface area (Å²) >= 11 is 5.87. The summed E-state index contributed by atoms with van der Waals surface area (Å²) in [7, 11) is 0. The Bertz CT molecular complexity index is 359. The first-order valence-electron chi connectivity index (χ1n) is 5.85. The zero-order chi connectivity index (χ0) is 11.6. The van der Waals surface area contributed by atoms with Crippen molar-refractivity contribution in [2.24, 2.45) is 5.41 Å². The summed E-state index contributed by atoms with van der Waals surface area (Å²) in [6.07, 6.45) is 5.24. The van der Waals surface area contributed by atoms with Crippen LogP contribution in [0, 0.1) is 5.41 Å². The van der Waals surface area contributed by atoms with Crippen LogP contribution in [0.3, 0.4) is 0 Å². The molecule has 0 aliphatic carbocycles. The summed E-state index contributed by atoms with van der Waals surface area (Å²) in [4.78, 5) is 10.5. The monoisotopic (exact) mass is 239 g/mol. The fourth-order valence-corrected chi connectivity index (χ4v) is 2.27. The van der Waals surface area contributed by atoms with Crippen molar-refractivity contribution in [3.05, 3.63) is 17.5 Å². The zero-order valence-corrected chi connectivity index (χ0v) is 10.7. The van der Waals surface area contributed by atoms with E-state index >= 15 is 0 Å². The summed E-state index contributed by atoms with van der Waals surface area (Å²) in [5.41, 5.74) is 0.507. The smallest absolute Gasteiger partial charge is 0.134 e. The molecule has 88 valence electrons. The van der Waals surface area contributed by atoms with E-state index < -0.39 is 0 Å². The molecule has 1 aliphatic heterocycles. The molecule has 4 heteroatoms. The topological polar surface area (TPSA) is 29.0 Å². The van der Waals surface area contributed by atoms with Crippen LogP contribution in [0.15, 0.2) is 12.4 Å². The molecule has 1 aromatic heterocycles. The van der Waals surface area contributed by atoms with Crippen molar-refractivity contribution in [2.75, 3.05) is 18.0 Å². The fraction of sp³-hybridized carbons (Fsp3) is 0.667. The Balaban J connectivity index is 2.04. The first-order valence-corrected chi connectivity index (χ1v) is 6.23. The van der Waals surface area contributed by atoms with Gasteiger partial charge in [0.05, 0.1) is 0 Å². The Labute approximate surface area is 102 Å². The quantitative estimate of drug-likeness (QED) is 0.743. The Morgan fingerprint density at radius 3 is 2.62 bits per heavy atom. The van der Waals surface area contributed by atoms with E-state index in [1.54, 1.807) is 0 Å². The maximum atomic E-state index is 5.87. The Hall–Kier alpha value is -0.830. The molecule has 0 spiro atoms. The van der Waals surface area contributed by atoms with Gasteiger partial charge in [0.25, 0.3) is 0 Å². The van der Waals surface area contributed by atoms with Crippen LogP contribution in [0.5, 0.6) is 0 Å². The number of aromatic nitrogens is 2. The first-order chi connectivity index (χ1) is 7.63. The minimum atomic E-state index is 0.507. The van der Waals surface area contributed by atoms with E-state index in [2.05, 4.69) is 28.7 Å². The molecule has 2 heterocycles. The SMILES string of the molecule is CCC1(C)CCN(c2cc(Cl)ncn2)CC1. The van der Waals surface area contributed by atoms with Crippen molar-refractivity contribution in [3.8, 4) is 0 Å². The summed E-state index contributed by atoms with van der Waals surface area (Å²) in [6, 6.07) is 1.84. The van der Waals surface area contributed by atoms with E-state index in [4.69, 9.17) is 11.6 Å². The number of anilines is 1. The van der Waals surface area contributed by atoms with Crippen LogP contribution < -0.4 is 4.90 Å². The molecular formula is C12H18ClN3. The Morgan fingerprint density at radius 1 is 1.38 bits per heavy atom. The van der Waals surface area contributed by atoms with Crippen molar-refractivity contribution in [3.63, 3.8) is 0 Å². The lowest BCUT2D eigenvalue weighted by molar-refractivity contribution is 0.238. The van der Waals surface area contributed by atoms with Crippen molar-refractivity contribution in [1.82, 2.24) is 9.97 Å². The van der Waals surface area contributed by atoms with Crippen LogP contribution in [0.25, 0.3) is 0 Å². The third-order valence-electron chi connectivity index (χ3n) is 3.77. The normalized spacial score (nSPS) is 19.8. The highest BCUT2D eigenvalue weighted by Gasteiger charge is 2.28. The highest BCUT2D eigenvalue weighted by Crippen LogP contribution is 2.35. The number of rotatable bonds is 2. The van der Waals surface area contributed by atoms with Crippen molar-refractivity contribution in [1.29, 1.82) is 0 Å². The fourth-order valence-electron chi connectivity index (χ4n) is 2.13. The van der Waals surface area contributed by atoms with E-state index in [0.717, 1.165) is 18.9 Å². The van der Waals surface area contributed by atoms with Gasteiger partial charge in [0.1, 0.15) is 17.3 Å². The molecular weight excluding hydrogens is 222 g/mol. The predicted octanol–water partition coefficient (Wildman–Crippen LogP) is 3.15. The predicted molar refractivity (Wildman–Crippen MR) is 66.9 cm³/mol. The molecule has 16 heavy (non-hydrogen) atoms. The maximum absolute atomic E-state index is 5.87. The molecule has 1 aliphatic rings. The molecule has 3 nitrogen and oxygen atoms in total. The van der Waals surface area contributed by atoms with Crippen LogP contribution >= 0.6 is 11.6 Å². The van der Waals surface area contributed by atoms with E-state index in [1.807, 2.05) is 6.07 Å². The van der Waals surface area contributed by atoms with Crippen molar-refractivity contribution < 1.29 is 0 Å². The minimum absolute atomic E-state index is 0.507. The van der Waals surface area contributed by atoms with Gasteiger partial charge in [0.2, 0.25) is 0 Å². The average Bonchev–Trinajstić information content (AvgIpc) is 2.30. The second-order valence-electron chi connectivity index (χ2n) is 4.85. The van der Waals surface area contributed by atoms with Crippen molar-refractivity contribution >= 4 is 17.4 Å². The average molecular weight is 240 g/mol. The van der Waals surface area contributed by atoms with Gasteiger partial charge in [-0.05, 0) is 18.3 Å². The molecule has 0 amide bonds. The van der Waals surface area contributed by atoms with Gasteiger partial charge in [-0.2, -0.15) is 0 Å². The number of hydrogen-bond acceptors (Lipinski definition) is 3. The van der Waals surface area contributed by atoms with Gasteiger partial charge in [-0.15, -0.1) is 0 Å². The third-order valence-corrected chi connectivity index (χ3v) is 3.97. The molecule has 0 unspecified atom stereocenters. The van der Waals surface area contributed by atoms with Crippen molar-refractivity contribution in [2.45, 2.75) is 33.1 Å². The van der Waals surface area contributed by atoms with E-state index in [-0.39, 0.29) is 0 Å². The summed E-state index contributed by atoms with van der Waals surface area (Å²) in [5.74, 6) is 0.957. The first kappa shape index (κ1) is 11.6. The zero-order valence-electron chi connectivity index (χ0n) is 9.91. The van der Waals surface area contributed by atoms with Crippen LogP contribution in [-0.4, -0.2) is 23.1 Å². The highest BCUT2D eigenvalue weighted by molar-refractivity contribution is 6.29. The van der Waals surface area contributed by atoms with E-state index in [1.165, 1.54) is 25.6 Å². The summed E-state index contributed by atoms with van der Waals surface area (Å²) in [6.45, 7) is 6.78. The Kier molecular flexibility index (Phi) is 3.33. The summed E-state index contributed by atoms with van der Waals surface area (Å²) < 4.78 is 0. The maximum Gasteiger partial charge on any atom is 0.134 e. The number of piperidine rings is 1. The largest absolute Gasteiger partial charge is 0.356 e.